The summed E-state index contributed by atoms with van der Waals surface area (Å²) in [6.07, 6.45) is 1.30. The Morgan fingerprint density at radius 1 is 1.23 bits per heavy atom. The number of carbonyl (C=O) groups excluding carboxylic acids is 2. The van der Waals surface area contributed by atoms with Crippen LogP contribution in [0.3, 0.4) is 0 Å². The minimum absolute atomic E-state index is 0.288. The van der Waals surface area contributed by atoms with Crippen molar-refractivity contribution < 1.29 is 18.7 Å². The highest BCUT2D eigenvalue weighted by molar-refractivity contribution is 7.16. The molecule has 9 heteroatoms. The van der Waals surface area contributed by atoms with E-state index in [4.69, 9.17) is 9.15 Å². The summed E-state index contributed by atoms with van der Waals surface area (Å²) in [7, 11) is 0. The van der Waals surface area contributed by atoms with Gasteiger partial charge in [-0.2, -0.15) is 0 Å². The number of ether oxygens (including phenoxy) is 1. The first kappa shape index (κ1) is 16.4. The molecule has 130 valence electrons. The Morgan fingerprint density at radius 3 is 3.00 bits per heavy atom. The normalized spacial score (nSPS) is 10.8. The number of fused-ring (bicyclic) bond motifs is 1. The van der Waals surface area contributed by atoms with Gasteiger partial charge >= 0.3 is 5.97 Å². The molecule has 4 rings (SSSR count). The summed E-state index contributed by atoms with van der Waals surface area (Å²) in [5.74, 6) is -1.07. The van der Waals surface area contributed by atoms with Crippen molar-refractivity contribution in [3.05, 3.63) is 53.0 Å². The zero-order chi connectivity index (χ0) is 17.9. The molecule has 0 bridgehead atoms. The Kier molecular flexibility index (Phi) is 4.46. The molecule has 7 nitrogen and oxygen atoms in total. The lowest BCUT2D eigenvalue weighted by Crippen LogP contribution is -2.20. The van der Waals surface area contributed by atoms with E-state index < -0.39 is 18.5 Å². The lowest BCUT2D eigenvalue weighted by molar-refractivity contribution is -0.119. The fourth-order valence-corrected chi connectivity index (χ4v) is 3.71. The van der Waals surface area contributed by atoms with Gasteiger partial charge in [-0.05, 0) is 29.6 Å². The van der Waals surface area contributed by atoms with Gasteiger partial charge in [-0.15, -0.1) is 22.7 Å². The summed E-state index contributed by atoms with van der Waals surface area (Å²) in [4.78, 5) is 33.4. The van der Waals surface area contributed by atoms with Gasteiger partial charge in [-0.3, -0.25) is 10.1 Å². The monoisotopic (exact) mass is 385 g/mol. The van der Waals surface area contributed by atoms with Crippen molar-refractivity contribution >= 4 is 50.8 Å². The number of benzene rings is 1. The maximum absolute atomic E-state index is 12.1. The van der Waals surface area contributed by atoms with Crippen LogP contribution in [0.5, 0.6) is 0 Å². The van der Waals surface area contributed by atoms with E-state index in [0.29, 0.717) is 16.2 Å². The number of anilines is 1. The molecule has 3 aromatic heterocycles. The van der Waals surface area contributed by atoms with Crippen molar-refractivity contribution in [2.45, 2.75) is 0 Å². The maximum atomic E-state index is 12.1. The number of nitrogens with zero attached hydrogens (tertiary/aromatic N) is 2. The van der Waals surface area contributed by atoms with Gasteiger partial charge in [0, 0.05) is 5.38 Å². The summed E-state index contributed by atoms with van der Waals surface area (Å²) >= 11 is 2.88. The van der Waals surface area contributed by atoms with Crippen molar-refractivity contribution in [1.29, 1.82) is 0 Å². The minimum Gasteiger partial charge on any atom is -0.452 e. The third kappa shape index (κ3) is 3.48. The van der Waals surface area contributed by atoms with Gasteiger partial charge in [-0.25, -0.2) is 14.8 Å². The van der Waals surface area contributed by atoms with Gasteiger partial charge in [-0.1, -0.05) is 6.07 Å². The number of hydrogen-bond acceptors (Lipinski definition) is 8. The van der Waals surface area contributed by atoms with Crippen LogP contribution < -0.4 is 5.32 Å². The molecule has 0 aliphatic rings. The average molecular weight is 385 g/mol. The summed E-state index contributed by atoms with van der Waals surface area (Å²) in [5, 5.41) is 6.90. The molecule has 3 heterocycles. The molecule has 1 N–H and O–H groups in total. The lowest BCUT2D eigenvalue weighted by atomic mass is 10.2. The smallest absolute Gasteiger partial charge is 0.338 e. The third-order valence-electron chi connectivity index (χ3n) is 3.43. The van der Waals surface area contributed by atoms with E-state index in [9.17, 15) is 9.59 Å². The van der Waals surface area contributed by atoms with E-state index in [1.54, 1.807) is 23.5 Å². The summed E-state index contributed by atoms with van der Waals surface area (Å²) in [5.41, 5.74) is 2.21. The lowest BCUT2D eigenvalue weighted by Gasteiger charge is -2.04. The van der Waals surface area contributed by atoms with Crippen LogP contribution in [-0.2, 0) is 9.53 Å². The average Bonchev–Trinajstić information content (AvgIpc) is 3.38. The summed E-state index contributed by atoms with van der Waals surface area (Å²) in [6.45, 7) is -0.402. The molecule has 26 heavy (non-hydrogen) atoms. The molecule has 0 saturated heterocycles. The van der Waals surface area contributed by atoms with E-state index in [-0.39, 0.29) is 5.56 Å². The van der Waals surface area contributed by atoms with Gasteiger partial charge in [0.15, 0.2) is 23.7 Å². The molecule has 1 amide bonds. The van der Waals surface area contributed by atoms with Crippen LogP contribution in [0, 0.1) is 0 Å². The standard InChI is InChI=1S/C17H11N3O4S2/c21-15(20-17-19-12(8-26-17)14-2-1-5-25-14)7-23-16(22)10-3-4-11-13(6-10)24-9-18-11/h1-6,8-9H,7H2,(H,19,20,21). The quantitative estimate of drug-likeness (QED) is 0.525. The van der Waals surface area contributed by atoms with E-state index in [2.05, 4.69) is 15.3 Å². The number of carbonyl (C=O) groups is 2. The van der Waals surface area contributed by atoms with Crippen molar-refractivity contribution in [2.24, 2.45) is 0 Å². The first-order valence-corrected chi connectivity index (χ1v) is 9.24. The molecule has 0 aliphatic carbocycles. The third-order valence-corrected chi connectivity index (χ3v) is 5.08. The maximum Gasteiger partial charge on any atom is 0.338 e. The van der Waals surface area contributed by atoms with Crippen molar-refractivity contribution in [3.8, 4) is 10.6 Å². The first-order valence-electron chi connectivity index (χ1n) is 7.49. The highest BCUT2D eigenvalue weighted by Gasteiger charge is 2.13. The Morgan fingerprint density at radius 2 is 2.15 bits per heavy atom. The summed E-state index contributed by atoms with van der Waals surface area (Å²) < 4.78 is 10.2. The van der Waals surface area contributed by atoms with E-state index in [1.807, 2.05) is 22.9 Å². The molecule has 0 aliphatic heterocycles. The van der Waals surface area contributed by atoms with E-state index in [0.717, 1.165) is 10.6 Å². The second kappa shape index (κ2) is 7.06. The van der Waals surface area contributed by atoms with Gasteiger partial charge < -0.3 is 9.15 Å². The van der Waals surface area contributed by atoms with Crippen LogP contribution in [-0.4, -0.2) is 28.5 Å². The van der Waals surface area contributed by atoms with E-state index >= 15 is 0 Å². The van der Waals surface area contributed by atoms with Crippen LogP contribution >= 0.6 is 22.7 Å². The molecular weight excluding hydrogens is 374 g/mol. The van der Waals surface area contributed by atoms with Crippen LogP contribution in [0.25, 0.3) is 21.7 Å². The summed E-state index contributed by atoms with van der Waals surface area (Å²) in [6, 6.07) is 8.64. The molecule has 0 unspecified atom stereocenters. The second-order valence-corrected chi connectivity index (χ2v) is 6.98. The van der Waals surface area contributed by atoms with Crippen LogP contribution in [0.1, 0.15) is 10.4 Å². The predicted molar refractivity (Wildman–Crippen MR) is 98.3 cm³/mol. The number of rotatable bonds is 5. The van der Waals surface area contributed by atoms with Gasteiger partial charge in [0.05, 0.1) is 16.1 Å². The number of thiophene rings is 1. The number of esters is 1. The topological polar surface area (TPSA) is 94.3 Å². The zero-order valence-corrected chi connectivity index (χ0v) is 14.8. The number of amides is 1. The molecule has 4 aromatic rings. The molecule has 0 saturated carbocycles. The number of aromatic nitrogens is 2. The van der Waals surface area contributed by atoms with Crippen molar-refractivity contribution in [2.75, 3.05) is 11.9 Å². The highest BCUT2D eigenvalue weighted by atomic mass is 32.1. The van der Waals surface area contributed by atoms with Crippen LogP contribution in [0.15, 0.2) is 51.9 Å². The largest absolute Gasteiger partial charge is 0.452 e. The fraction of sp³-hybridized carbons (Fsp3) is 0.0588. The molecule has 0 fully saturated rings. The molecule has 0 atom stereocenters. The molecule has 1 aromatic carbocycles. The van der Waals surface area contributed by atoms with Crippen LogP contribution in [0.2, 0.25) is 0 Å². The number of hydrogen-bond donors (Lipinski definition) is 1. The molecule has 0 radical (unpaired) electrons. The van der Waals surface area contributed by atoms with Crippen molar-refractivity contribution in [1.82, 2.24) is 9.97 Å². The number of nitrogens with one attached hydrogen (secondary N) is 1. The Hall–Kier alpha value is -3.04. The van der Waals surface area contributed by atoms with Crippen molar-refractivity contribution in [3.63, 3.8) is 0 Å². The Bertz CT molecular complexity index is 1070. The van der Waals surface area contributed by atoms with Gasteiger partial charge in [0.2, 0.25) is 0 Å². The zero-order valence-electron chi connectivity index (χ0n) is 13.2. The SMILES string of the molecule is O=C(COC(=O)c1ccc2ncoc2c1)Nc1nc(-c2cccs2)cs1. The molecule has 0 spiro atoms. The van der Waals surface area contributed by atoms with Crippen LogP contribution in [0.4, 0.5) is 5.13 Å². The first-order chi connectivity index (χ1) is 12.7. The minimum atomic E-state index is -0.614. The fourth-order valence-electron chi connectivity index (χ4n) is 2.22. The predicted octanol–water partition coefficient (Wildman–Crippen LogP) is 3.81. The Labute approximate surface area is 155 Å². The van der Waals surface area contributed by atoms with Gasteiger partial charge in [0.25, 0.3) is 5.91 Å². The second-order valence-electron chi connectivity index (χ2n) is 5.17. The number of oxazole rings is 1. The molecular formula is C17H11N3O4S2. The van der Waals surface area contributed by atoms with Gasteiger partial charge in [0.1, 0.15) is 5.52 Å². The van der Waals surface area contributed by atoms with E-state index in [1.165, 1.54) is 23.8 Å². The highest BCUT2D eigenvalue weighted by Crippen LogP contribution is 2.28. The number of thiazole rings is 1. The Balaban J connectivity index is 1.34.